The van der Waals surface area contributed by atoms with Gasteiger partial charge in [0, 0.05) is 0 Å². The Morgan fingerprint density at radius 3 is 2.41 bits per heavy atom. The second kappa shape index (κ2) is 4.48. The summed E-state index contributed by atoms with van der Waals surface area (Å²) in [6, 6.07) is 1.53. The molecular weight excluding hydrogens is 246 g/mol. The summed E-state index contributed by atoms with van der Waals surface area (Å²) in [7, 11) is 0.958. The van der Waals surface area contributed by atoms with E-state index in [-0.39, 0.29) is 0 Å². The molecule has 0 saturated heterocycles. The van der Waals surface area contributed by atoms with Gasteiger partial charge in [0.1, 0.15) is 17.1 Å². The van der Waals surface area contributed by atoms with Crippen molar-refractivity contribution in [3.8, 4) is 5.75 Å². The molecule has 2 N–H and O–H groups in total. The predicted octanol–water partition coefficient (Wildman–Crippen LogP) is 2.09. The highest BCUT2D eigenvalue weighted by molar-refractivity contribution is 5.94. The van der Waals surface area contributed by atoms with E-state index in [2.05, 4.69) is 9.47 Å². The Kier molecular flexibility index (Phi) is 3.45. The van der Waals surface area contributed by atoms with Crippen LogP contribution in [0.1, 0.15) is 10.4 Å². The maximum atomic E-state index is 13.0. The van der Waals surface area contributed by atoms with Gasteiger partial charge in [0.15, 0.2) is 5.75 Å². The number of halogens is 4. The van der Waals surface area contributed by atoms with E-state index in [1.807, 2.05) is 0 Å². The highest BCUT2D eigenvalue weighted by Gasteiger charge is 2.35. The van der Waals surface area contributed by atoms with Crippen LogP contribution in [0.25, 0.3) is 0 Å². The first kappa shape index (κ1) is 13.1. The van der Waals surface area contributed by atoms with Crippen molar-refractivity contribution in [1.29, 1.82) is 0 Å². The van der Waals surface area contributed by atoms with Crippen molar-refractivity contribution in [1.82, 2.24) is 0 Å². The van der Waals surface area contributed by atoms with E-state index < -0.39 is 35.1 Å². The van der Waals surface area contributed by atoms with Gasteiger partial charge in [0.25, 0.3) is 0 Å². The molecule has 94 valence electrons. The molecule has 0 unspecified atom stereocenters. The highest BCUT2D eigenvalue weighted by atomic mass is 19.4. The van der Waals surface area contributed by atoms with Gasteiger partial charge in [-0.05, 0) is 12.1 Å². The summed E-state index contributed by atoms with van der Waals surface area (Å²) in [6.07, 6.45) is -5.09. The molecule has 0 fully saturated rings. The molecule has 0 atom stereocenters. The SMILES string of the molecule is COC(=O)c1ccc(F)c(N)c1OC(F)(F)F. The number of carbonyl (C=O) groups is 1. The number of hydrogen-bond acceptors (Lipinski definition) is 4. The van der Waals surface area contributed by atoms with Gasteiger partial charge in [-0.25, -0.2) is 9.18 Å². The zero-order valence-electron chi connectivity index (χ0n) is 8.47. The lowest BCUT2D eigenvalue weighted by atomic mass is 10.1. The molecule has 0 amide bonds. The van der Waals surface area contributed by atoms with Gasteiger partial charge in [0.05, 0.1) is 7.11 Å². The van der Waals surface area contributed by atoms with Crippen LogP contribution in [0.5, 0.6) is 5.75 Å². The fourth-order valence-corrected chi connectivity index (χ4v) is 1.07. The van der Waals surface area contributed by atoms with E-state index in [1.165, 1.54) is 0 Å². The van der Waals surface area contributed by atoms with E-state index in [0.717, 1.165) is 19.2 Å². The molecule has 0 heterocycles. The molecule has 0 saturated carbocycles. The molecule has 4 nitrogen and oxygen atoms in total. The van der Waals surface area contributed by atoms with Crippen LogP contribution in [0.15, 0.2) is 12.1 Å². The summed E-state index contributed by atoms with van der Waals surface area (Å²) in [5, 5.41) is 0. The minimum Gasteiger partial charge on any atom is -0.465 e. The molecule has 8 heteroatoms. The largest absolute Gasteiger partial charge is 0.573 e. The number of anilines is 1. The standard InChI is InChI=1S/C9H7F4NO3/c1-16-8(15)4-2-3-5(10)6(14)7(4)17-9(11,12)13/h2-3H,14H2,1H3. The minimum absolute atomic E-state index is 0.608. The molecule has 0 aliphatic carbocycles. The summed E-state index contributed by atoms with van der Waals surface area (Å²) in [5.74, 6) is -3.35. The lowest BCUT2D eigenvalue weighted by Crippen LogP contribution is -2.20. The lowest BCUT2D eigenvalue weighted by Gasteiger charge is -2.14. The maximum absolute atomic E-state index is 13.0. The number of nitrogen functional groups attached to an aromatic ring is 1. The summed E-state index contributed by atoms with van der Waals surface area (Å²) >= 11 is 0. The average molecular weight is 253 g/mol. The number of ether oxygens (including phenoxy) is 2. The predicted molar refractivity (Wildman–Crippen MR) is 48.8 cm³/mol. The first-order valence-electron chi connectivity index (χ1n) is 4.18. The van der Waals surface area contributed by atoms with Gasteiger partial charge in [-0.3, -0.25) is 0 Å². The normalized spacial score (nSPS) is 11.1. The van der Waals surface area contributed by atoms with Crippen LogP contribution in [0.4, 0.5) is 23.2 Å². The third-order valence-corrected chi connectivity index (χ3v) is 1.77. The van der Waals surface area contributed by atoms with Gasteiger partial charge in [-0.1, -0.05) is 0 Å². The molecule has 0 radical (unpaired) electrons. The third-order valence-electron chi connectivity index (χ3n) is 1.77. The first-order valence-corrected chi connectivity index (χ1v) is 4.18. The van der Waals surface area contributed by atoms with Gasteiger partial charge in [0.2, 0.25) is 0 Å². The highest BCUT2D eigenvalue weighted by Crippen LogP contribution is 2.34. The Bertz CT molecular complexity index is 445. The fraction of sp³-hybridized carbons (Fsp3) is 0.222. The van der Waals surface area contributed by atoms with Crippen LogP contribution in [0, 0.1) is 5.82 Å². The Balaban J connectivity index is 3.31. The number of carbonyl (C=O) groups excluding carboxylic acids is 1. The maximum Gasteiger partial charge on any atom is 0.573 e. The van der Waals surface area contributed by atoms with E-state index in [1.54, 1.807) is 0 Å². The Labute approximate surface area is 92.9 Å². The summed E-state index contributed by atoms with van der Waals surface area (Å²) in [6.45, 7) is 0. The molecule has 0 bridgehead atoms. The number of benzene rings is 1. The smallest absolute Gasteiger partial charge is 0.465 e. The summed E-state index contributed by atoms with van der Waals surface area (Å²) in [5.41, 5.74) is 3.56. The van der Waals surface area contributed by atoms with E-state index in [9.17, 15) is 22.4 Å². The van der Waals surface area contributed by atoms with Crippen LogP contribution in [-0.4, -0.2) is 19.4 Å². The number of alkyl halides is 3. The molecule has 17 heavy (non-hydrogen) atoms. The Morgan fingerprint density at radius 1 is 1.35 bits per heavy atom. The van der Waals surface area contributed by atoms with Crippen molar-refractivity contribution < 1.29 is 31.8 Å². The zero-order valence-corrected chi connectivity index (χ0v) is 8.47. The molecule has 0 aliphatic heterocycles. The number of esters is 1. The monoisotopic (exact) mass is 253 g/mol. The lowest BCUT2D eigenvalue weighted by molar-refractivity contribution is -0.274. The number of nitrogens with two attached hydrogens (primary N) is 1. The molecular formula is C9H7F4NO3. The minimum atomic E-state index is -5.09. The van der Waals surface area contributed by atoms with Gasteiger partial charge in [-0.15, -0.1) is 13.2 Å². The van der Waals surface area contributed by atoms with Crippen molar-refractivity contribution in [3.05, 3.63) is 23.5 Å². The first-order chi connectivity index (χ1) is 7.76. The summed E-state index contributed by atoms with van der Waals surface area (Å²) < 4.78 is 56.8. The van der Waals surface area contributed by atoms with E-state index in [4.69, 9.17) is 5.73 Å². The molecule has 1 aromatic carbocycles. The van der Waals surface area contributed by atoms with E-state index in [0.29, 0.717) is 0 Å². The molecule has 0 aromatic heterocycles. The van der Waals surface area contributed by atoms with Crippen molar-refractivity contribution in [3.63, 3.8) is 0 Å². The van der Waals surface area contributed by atoms with Crippen LogP contribution < -0.4 is 10.5 Å². The second-order valence-electron chi connectivity index (χ2n) is 2.88. The molecule has 0 aliphatic rings. The molecule has 0 spiro atoms. The van der Waals surface area contributed by atoms with Gasteiger partial charge >= 0.3 is 12.3 Å². The van der Waals surface area contributed by atoms with Crippen molar-refractivity contribution in [2.24, 2.45) is 0 Å². The van der Waals surface area contributed by atoms with Crippen LogP contribution in [0.3, 0.4) is 0 Å². The van der Waals surface area contributed by atoms with Crippen molar-refractivity contribution in [2.75, 3.05) is 12.8 Å². The number of rotatable bonds is 2. The second-order valence-corrected chi connectivity index (χ2v) is 2.88. The topological polar surface area (TPSA) is 61.5 Å². The average Bonchev–Trinajstić information content (AvgIpc) is 2.22. The van der Waals surface area contributed by atoms with E-state index >= 15 is 0 Å². The van der Waals surface area contributed by atoms with Crippen LogP contribution in [-0.2, 0) is 4.74 Å². The Hall–Kier alpha value is -1.99. The van der Waals surface area contributed by atoms with Gasteiger partial charge in [-0.2, -0.15) is 0 Å². The Morgan fingerprint density at radius 2 is 1.94 bits per heavy atom. The van der Waals surface area contributed by atoms with Crippen molar-refractivity contribution in [2.45, 2.75) is 6.36 Å². The fourth-order valence-electron chi connectivity index (χ4n) is 1.07. The zero-order chi connectivity index (χ0) is 13.2. The molecule has 1 aromatic rings. The number of methoxy groups -OCH3 is 1. The summed E-state index contributed by atoms with van der Waals surface area (Å²) in [4.78, 5) is 11.1. The van der Waals surface area contributed by atoms with Gasteiger partial charge < -0.3 is 15.2 Å². The third kappa shape index (κ3) is 2.99. The van der Waals surface area contributed by atoms with Crippen LogP contribution >= 0.6 is 0 Å². The quantitative estimate of drug-likeness (QED) is 0.498. The number of hydrogen-bond donors (Lipinski definition) is 1. The van der Waals surface area contributed by atoms with Crippen LogP contribution in [0.2, 0.25) is 0 Å². The van der Waals surface area contributed by atoms with Crippen molar-refractivity contribution >= 4 is 11.7 Å². The molecule has 1 rings (SSSR count).